The summed E-state index contributed by atoms with van der Waals surface area (Å²) in [6.45, 7) is 3.30. The summed E-state index contributed by atoms with van der Waals surface area (Å²) in [4.78, 5) is 54.4. The van der Waals surface area contributed by atoms with Gasteiger partial charge in [-0.3, -0.25) is 19.0 Å². The minimum atomic E-state index is -0.674. The lowest BCUT2D eigenvalue weighted by molar-refractivity contribution is -0.119. The number of ether oxygens (including phenoxy) is 1. The first kappa shape index (κ1) is 31.3. The van der Waals surface area contributed by atoms with Crippen LogP contribution in [0.2, 0.25) is 5.02 Å². The molecule has 1 fully saturated rings. The topological polar surface area (TPSA) is 136 Å². The number of methoxy groups -OCH3 is 1. The Morgan fingerprint density at radius 1 is 1.11 bits per heavy atom. The van der Waals surface area contributed by atoms with E-state index >= 15 is 0 Å². The number of pyridine rings is 1. The molecule has 2 atom stereocenters. The van der Waals surface area contributed by atoms with Gasteiger partial charge in [0.15, 0.2) is 0 Å². The van der Waals surface area contributed by atoms with E-state index in [0.29, 0.717) is 35.2 Å². The second-order valence-corrected chi connectivity index (χ2v) is 12.2. The van der Waals surface area contributed by atoms with Crippen LogP contribution in [0.1, 0.15) is 45.9 Å². The third kappa shape index (κ3) is 5.72. The Bertz CT molecular complexity index is 2000. The summed E-state index contributed by atoms with van der Waals surface area (Å²) < 4.78 is 7.89. The van der Waals surface area contributed by atoms with Crippen LogP contribution in [0.3, 0.4) is 0 Å². The lowest BCUT2D eigenvalue weighted by Crippen LogP contribution is -2.40. The second kappa shape index (κ2) is 12.6. The van der Waals surface area contributed by atoms with Crippen molar-refractivity contribution in [3.63, 3.8) is 0 Å². The molecule has 0 saturated carbocycles. The zero-order valence-electron chi connectivity index (χ0n) is 26.1. The molecular formula is C34H35ClN6O5. The summed E-state index contributed by atoms with van der Waals surface area (Å²) in [7, 11) is 4.44. The van der Waals surface area contributed by atoms with E-state index in [0.717, 1.165) is 57.3 Å². The monoisotopic (exact) mass is 642 g/mol. The fraction of sp³-hybridized carbons (Fsp3) is 0.324. The van der Waals surface area contributed by atoms with Crippen LogP contribution >= 0.6 is 11.6 Å². The maximum Gasteiger partial charge on any atom is 0.330 e. The molecule has 3 N–H and O–H groups in total. The average molecular weight is 643 g/mol. The molecule has 238 valence electrons. The molecule has 1 aliphatic heterocycles. The van der Waals surface area contributed by atoms with Crippen LogP contribution < -0.4 is 31.9 Å². The van der Waals surface area contributed by atoms with Crippen molar-refractivity contribution in [2.75, 3.05) is 25.5 Å². The molecule has 2 amide bonds. The molecule has 2 aromatic heterocycles. The van der Waals surface area contributed by atoms with E-state index in [-0.39, 0.29) is 23.4 Å². The summed E-state index contributed by atoms with van der Waals surface area (Å²) in [5, 5.41) is 9.84. The predicted octanol–water partition coefficient (Wildman–Crippen LogP) is 3.75. The largest absolute Gasteiger partial charge is 0.481 e. The maximum absolute atomic E-state index is 13.1. The molecule has 2 aliphatic rings. The van der Waals surface area contributed by atoms with Gasteiger partial charge in [-0.25, -0.2) is 9.78 Å². The number of halogens is 1. The van der Waals surface area contributed by atoms with Crippen molar-refractivity contribution >= 4 is 29.1 Å². The van der Waals surface area contributed by atoms with Gasteiger partial charge < -0.3 is 25.3 Å². The zero-order chi connectivity index (χ0) is 32.7. The molecule has 4 aromatic rings. The van der Waals surface area contributed by atoms with Crippen LogP contribution in [0.25, 0.3) is 22.4 Å². The highest BCUT2D eigenvalue weighted by atomic mass is 35.5. The second-order valence-electron chi connectivity index (χ2n) is 11.9. The highest BCUT2D eigenvalue weighted by Gasteiger charge is 2.30. The van der Waals surface area contributed by atoms with Crippen molar-refractivity contribution in [1.29, 1.82) is 0 Å². The van der Waals surface area contributed by atoms with Gasteiger partial charge >= 0.3 is 5.69 Å². The van der Waals surface area contributed by atoms with Gasteiger partial charge in [0.25, 0.3) is 11.5 Å². The van der Waals surface area contributed by atoms with Crippen LogP contribution in [-0.2, 0) is 25.3 Å². The van der Waals surface area contributed by atoms with Crippen molar-refractivity contribution in [2.24, 2.45) is 20.0 Å². The molecule has 3 heterocycles. The first-order chi connectivity index (χ1) is 22.1. The van der Waals surface area contributed by atoms with Crippen LogP contribution in [0.15, 0.2) is 58.3 Å². The third-order valence-electron chi connectivity index (χ3n) is 8.91. The smallest absolute Gasteiger partial charge is 0.330 e. The minimum Gasteiger partial charge on any atom is -0.481 e. The number of carbonyl (C=O) groups excluding carboxylic acids is 2. The molecule has 0 unspecified atom stereocenters. The molecule has 12 heteroatoms. The summed E-state index contributed by atoms with van der Waals surface area (Å²) in [5.74, 6) is 0.302. The van der Waals surface area contributed by atoms with E-state index in [4.69, 9.17) is 21.3 Å². The van der Waals surface area contributed by atoms with Crippen LogP contribution in [0, 0.1) is 12.8 Å². The first-order valence-corrected chi connectivity index (χ1v) is 15.5. The predicted molar refractivity (Wildman–Crippen MR) is 176 cm³/mol. The molecule has 0 bridgehead atoms. The summed E-state index contributed by atoms with van der Waals surface area (Å²) >= 11 is 7.09. The minimum absolute atomic E-state index is 0.0885. The number of aromatic nitrogens is 3. The Morgan fingerprint density at radius 2 is 1.85 bits per heavy atom. The van der Waals surface area contributed by atoms with Crippen molar-refractivity contribution in [3.8, 4) is 28.3 Å². The number of fused-ring (bicyclic) bond motifs is 1. The van der Waals surface area contributed by atoms with E-state index in [9.17, 15) is 19.2 Å². The van der Waals surface area contributed by atoms with Crippen molar-refractivity contribution in [2.45, 2.75) is 32.2 Å². The number of benzene rings is 2. The highest BCUT2D eigenvalue weighted by Crippen LogP contribution is 2.43. The van der Waals surface area contributed by atoms with Crippen LogP contribution in [-0.4, -0.2) is 46.1 Å². The molecular weight excluding hydrogens is 608 g/mol. The Morgan fingerprint density at radius 3 is 2.59 bits per heavy atom. The number of nitrogens with one attached hydrogen (secondary N) is 3. The molecule has 46 heavy (non-hydrogen) atoms. The number of anilines is 1. The number of rotatable bonds is 8. The highest BCUT2D eigenvalue weighted by molar-refractivity contribution is 6.36. The van der Waals surface area contributed by atoms with Gasteiger partial charge in [0.1, 0.15) is 5.56 Å². The number of hydrogen-bond donors (Lipinski definition) is 3. The van der Waals surface area contributed by atoms with Gasteiger partial charge in [0.2, 0.25) is 11.8 Å². The van der Waals surface area contributed by atoms with E-state index < -0.39 is 17.2 Å². The summed E-state index contributed by atoms with van der Waals surface area (Å²) in [6, 6.07) is 13.4. The number of hydrogen-bond acceptors (Lipinski definition) is 7. The fourth-order valence-electron chi connectivity index (χ4n) is 6.38. The van der Waals surface area contributed by atoms with E-state index in [1.807, 2.05) is 31.2 Å². The first-order valence-electron chi connectivity index (χ1n) is 15.1. The normalized spacial score (nSPS) is 17.1. The zero-order valence-corrected chi connectivity index (χ0v) is 26.8. The fourth-order valence-corrected chi connectivity index (χ4v) is 6.70. The Hall–Kier alpha value is -4.74. The Kier molecular flexibility index (Phi) is 8.54. The third-order valence-corrected chi connectivity index (χ3v) is 9.31. The van der Waals surface area contributed by atoms with E-state index in [1.165, 1.54) is 24.9 Å². The molecule has 6 rings (SSSR count). The summed E-state index contributed by atoms with van der Waals surface area (Å²) in [5.41, 5.74) is 5.11. The van der Waals surface area contributed by atoms with Crippen molar-refractivity contribution in [3.05, 3.63) is 96.8 Å². The van der Waals surface area contributed by atoms with E-state index in [2.05, 4.69) is 22.0 Å². The lowest BCUT2D eigenvalue weighted by atomic mass is 9.96. The summed E-state index contributed by atoms with van der Waals surface area (Å²) in [6.07, 6.45) is 3.55. The molecule has 11 nitrogen and oxygen atoms in total. The maximum atomic E-state index is 13.1. The van der Waals surface area contributed by atoms with Crippen molar-refractivity contribution in [1.82, 2.24) is 24.8 Å². The number of amides is 2. The van der Waals surface area contributed by atoms with Gasteiger partial charge in [-0.15, -0.1) is 0 Å². The van der Waals surface area contributed by atoms with Gasteiger partial charge in [-0.2, -0.15) is 0 Å². The molecule has 1 saturated heterocycles. The Labute approximate surface area is 270 Å². The molecule has 1 aliphatic carbocycles. The molecule has 0 radical (unpaired) electrons. The molecule has 2 aromatic carbocycles. The number of aryl methyl sites for hydroxylation is 2. The van der Waals surface area contributed by atoms with Gasteiger partial charge in [0.05, 0.1) is 17.8 Å². The average Bonchev–Trinajstić information content (AvgIpc) is 3.66. The van der Waals surface area contributed by atoms with Crippen LogP contribution in [0.4, 0.5) is 5.69 Å². The van der Waals surface area contributed by atoms with Gasteiger partial charge in [-0.1, -0.05) is 41.9 Å². The van der Waals surface area contributed by atoms with E-state index in [1.54, 1.807) is 19.2 Å². The van der Waals surface area contributed by atoms with Gasteiger partial charge in [-0.05, 0) is 54.5 Å². The number of carbonyl (C=O) groups is 2. The molecule has 0 spiro atoms. The van der Waals surface area contributed by atoms with Crippen molar-refractivity contribution < 1.29 is 14.3 Å². The quantitative estimate of drug-likeness (QED) is 0.266. The van der Waals surface area contributed by atoms with Crippen LogP contribution in [0.5, 0.6) is 5.88 Å². The Balaban J connectivity index is 1.29. The van der Waals surface area contributed by atoms with Gasteiger partial charge in [0, 0.05) is 68.2 Å². The SMILES string of the molecule is COc1nc(-c2cccc(-c3cccc(NC(=O)c4cn(C)c(=O)n(C)c4=O)c3C)c2Cl)cc2c1[C@@H](NC[C@@H]1CNC(=O)C1)CC2. The standard InChI is InChI=1S/C34H35ClN6O5/c1-18-21(7-6-10-25(18)38-31(43)24-17-40(2)34(45)41(3)33(24)44)22-8-5-9-23(30(22)35)27-14-20-11-12-26(29(20)32(39-27)46-4)36-15-19-13-28(42)37-16-19/h5-10,14,17,19,26,36H,11-13,15-16H2,1-4H3,(H,37,42)(H,38,43)/t19-,26+/m1/s1. The lowest BCUT2D eigenvalue weighted by Gasteiger charge is -2.19. The number of nitrogens with zero attached hydrogens (tertiary/aromatic N) is 3.